The van der Waals surface area contributed by atoms with Crippen molar-refractivity contribution in [2.24, 2.45) is 16.7 Å². The average molecular weight is 419 g/mol. The van der Waals surface area contributed by atoms with Crippen LogP contribution >= 0.6 is 0 Å². The van der Waals surface area contributed by atoms with Gasteiger partial charge in [-0.05, 0) is 60.1 Å². The monoisotopic (exact) mass is 418 g/mol. The summed E-state index contributed by atoms with van der Waals surface area (Å²) in [6, 6.07) is 8.70. The minimum absolute atomic E-state index is 0.192. The quantitative estimate of drug-likeness (QED) is 0.392. The van der Waals surface area contributed by atoms with Gasteiger partial charge in [-0.1, -0.05) is 99.6 Å². The van der Waals surface area contributed by atoms with E-state index in [-0.39, 0.29) is 11.7 Å². The van der Waals surface area contributed by atoms with Crippen molar-refractivity contribution < 1.29 is 9.47 Å². The van der Waals surface area contributed by atoms with Crippen LogP contribution in [0.15, 0.2) is 24.3 Å². The first kappa shape index (κ1) is 27.0. The molecule has 30 heavy (non-hydrogen) atoms. The molecular formula is C28H50O2. The maximum Gasteiger partial charge on any atom is 0.196 e. The van der Waals surface area contributed by atoms with Gasteiger partial charge in [-0.3, -0.25) is 0 Å². The Morgan fingerprint density at radius 2 is 1.47 bits per heavy atom. The molecule has 2 atom stereocenters. The molecule has 0 bridgehead atoms. The van der Waals surface area contributed by atoms with E-state index in [0.29, 0.717) is 11.3 Å². The van der Waals surface area contributed by atoms with Crippen LogP contribution in [0.2, 0.25) is 0 Å². The van der Waals surface area contributed by atoms with Crippen molar-refractivity contribution >= 4 is 0 Å². The molecule has 0 amide bonds. The van der Waals surface area contributed by atoms with Gasteiger partial charge < -0.3 is 9.47 Å². The molecule has 2 rings (SSSR count). The molecule has 0 saturated heterocycles. The minimum atomic E-state index is -0.192. The fraction of sp³-hybridized carbons (Fsp3) is 0.786. The van der Waals surface area contributed by atoms with Crippen molar-refractivity contribution in [3.05, 3.63) is 29.8 Å². The second-order valence-electron chi connectivity index (χ2n) is 11.1. The summed E-state index contributed by atoms with van der Waals surface area (Å²) in [5.74, 6) is 2.29. The van der Waals surface area contributed by atoms with Crippen LogP contribution in [0.4, 0.5) is 0 Å². The molecule has 2 heteroatoms. The minimum Gasteiger partial charge on any atom is -0.465 e. The van der Waals surface area contributed by atoms with E-state index >= 15 is 0 Å². The number of hydrogen-bond donors (Lipinski definition) is 0. The highest BCUT2D eigenvalue weighted by molar-refractivity contribution is 5.30. The molecule has 174 valence electrons. The van der Waals surface area contributed by atoms with Crippen LogP contribution in [0.5, 0.6) is 5.75 Å². The molecule has 0 spiro atoms. The lowest BCUT2D eigenvalue weighted by atomic mass is 9.69. The first-order valence-corrected chi connectivity index (χ1v) is 12.4. The van der Waals surface area contributed by atoms with Gasteiger partial charge in [0.15, 0.2) is 6.29 Å². The summed E-state index contributed by atoms with van der Waals surface area (Å²) in [6.07, 6.45) is 9.12. The van der Waals surface area contributed by atoms with Crippen LogP contribution in [-0.2, 0) is 4.74 Å². The molecule has 1 aromatic carbocycles. The van der Waals surface area contributed by atoms with E-state index in [4.69, 9.17) is 9.47 Å². The Bertz CT molecular complexity index is 556. The average Bonchev–Trinajstić information content (AvgIpc) is 2.68. The lowest BCUT2D eigenvalue weighted by molar-refractivity contribution is -0.0711. The lowest BCUT2D eigenvalue weighted by Gasteiger charge is -2.36. The summed E-state index contributed by atoms with van der Waals surface area (Å²) >= 11 is 0. The summed E-state index contributed by atoms with van der Waals surface area (Å²) in [7, 11) is 0. The Hall–Kier alpha value is -1.02. The second kappa shape index (κ2) is 12.7. The van der Waals surface area contributed by atoms with Crippen LogP contribution < -0.4 is 4.74 Å². The third kappa shape index (κ3) is 10.3. The molecule has 0 heterocycles. The summed E-state index contributed by atoms with van der Waals surface area (Å²) in [4.78, 5) is 0. The maximum atomic E-state index is 6.00. The molecular weight excluding hydrogens is 368 g/mol. The molecule has 1 aliphatic rings. The van der Waals surface area contributed by atoms with Crippen LogP contribution in [-0.4, -0.2) is 12.9 Å². The molecule has 1 aromatic rings. The predicted molar refractivity (Wildman–Crippen MR) is 131 cm³/mol. The standard InChI is InChI=1S/C26H44O2.C2H6/c1-20(27-18-17-21-11-9-8-10-12-21)28-23-15-13-22(14-16-23)24(26(5,6)7)19-25(2,3)4;1-2/h13-16,20-21,24H,8-12,17-19H2,1-7H3;1-2H3. The van der Waals surface area contributed by atoms with E-state index in [9.17, 15) is 0 Å². The summed E-state index contributed by atoms with van der Waals surface area (Å²) in [6.45, 7) is 20.8. The Balaban J connectivity index is 0.00000218. The maximum absolute atomic E-state index is 6.00. The van der Waals surface area contributed by atoms with Crippen molar-refractivity contribution in [2.45, 2.75) is 119 Å². The van der Waals surface area contributed by atoms with Gasteiger partial charge in [0, 0.05) is 0 Å². The Kier molecular flexibility index (Phi) is 11.5. The number of rotatable bonds is 8. The van der Waals surface area contributed by atoms with Gasteiger partial charge in [0.1, 0.15) is 5.75 Å². The second-order valence-corrected chi connectivity index (χ2v) is 11.1. The highest BCUT2D eigenvalue weighted by Crippen LogP contribution is 2.43. The van der Waals surface area contributed by atoms with E-state index < -0.39 is 0 Å². The molecule has 0 radical (unpaired) electrons. The van der Waals surface area contributed by atoms with Gasteiger partial charge >= 0.3 is 0 Å². The van der Waals surface area contributed by atoms with Crippen molar-refractivity contribution in [3.8, 4) is 5.75 Å². The number of hydrogen-bond acceptors (Lipinski definition) is 2. The van der Waals surface area contributed by atoms with Gasteiger partial charge in [0.05, 0.1) is 6.61 Å². The zero-order chi connectivity index (χ0) is 22.8. The fourth-order valence-electron chi connectivity index (χ4n) is 4.42. The Labute approximate surface area is 188 Å². The van der Waals surface area contributed by atoms with Crippen molar-refractivity contribution in [1.29, 1.82) is 0 Å². The van der Waals surface area contributed by atoms with Crippen LogP contribution in [0.25, 0.3) is 0 Å². The molecule has 0 aliphatic heterocycles. The van der Waals surface area contributed by atoms with Crippen molar-refractivity contribution in [3.63, 3.8) is 0 Å². The molecule has 2 nitrogen and oxygen atoms in total. The summed E-state index contributed by atoms with van der Waals surface area (Å²) < 4.78 is 11.9. The predicted octanol–water partition coefficient (Wildman–Crippen LogP) is 8.99. The van der Waals surface area contributed by atoms with E-state index in [1.807, 2.05) is 20.8 Å². The van der Waals surface area contributed by atoms with Crippen molar-refractivity contribution in [1.82, 2.24) is 0 Å². The lowest BCUT2D eigenvalue weighted by Crippen LogP contribution is -2.24. The third-order valence-corrected chi connectivity index (χ3v) is 6.05. The molecule has 0 N–H and O–H groups in total. The Morgan fingerprint density at radius 1 is 0.900 bits per heavy atom. The normalized spacial score (nSPS) is 17.6. The molecule has 2 unspecified atom stereocenters. The molecule has 1 saturated carbocycles. The van der Waals surface area contributed by atoms with E-state index in [0.717, 1.165) is 18.3 Å². The Morgan fingerprint density at radius 3 is 1.97 bits per heavy atom. The third-order valence-electron chi connectivity index (χ3n) is 6.05. The van der Waals surface area contributed by atoms with E-state index in [2.05, 4.69) is 65.8 Å². The molecule has 1 aliphatic carbocycles. The van der Waals surface area contributed by atoms with E-state index in [1.165, 1.54) is 50.5 Å². The van der Waals surface area contributed by atoms with E-state index in [1.54, 1.807) is 0 Å². The highest BCUT2D eigenvalue weighted by atomic mass is 16.7. The first-order chi connectivity index (χ1) is 14.0. The smallest absolute Gasteiger partial charge is 0.196 e. The number of benzene rings is 1. The first-order valence-electron chi connectivity index (χ1n) is 12.4. The van der Waals surface area contributed by atoms with Gasteiger partial charge in [-0.15, -0.1) is 0 Å². The van der Waals surface area contributed by atoms with Crippen molar-refractivity contribution in [2.75, 3.05) is 6.61 Å². The van der Waals surface area contributed by atoms with Gasteiger partial charge in [0.25, 0.3) is 0 Å². The topological polar surface area (TPSA) is 18.5 Å². The summed E-state index contributed by atoms with van der Waals surface area (Å²) in [5.41, 5.74) is 1.96. The van der Waals surface area contributed by atoms with Crippen LogP contribution in [0.1, 0.15) is 119 Å². The van der Waals surface area contributed by atoms with Gasteiger partial charge in [-0.25, -0.2) is 0 Å². The molecule has 0 aromatic heterocycles. The largest absolute Gasteiger partial charge is 0.465 e. The highest BCUT2D eigenvalue weighted by Gasteiger charge is 2.30. The number of ether oxygens (including phenoxy) is 2. The fourth-order valence-corrected chi connectivity index (χ4v) is 4.42. The SMILES string of the molecule is CC.CC(OCCC1CCCCC1)Oc1ccc(C(CC(C)(C)C)C(C)(C)C)cc1. The zero-order valence-electron chi connectivity index (χ0n) is 21.5. The van der Waals surface area contributed by atoms with Crippen LogP contribution in [0, 0.1) is 16.7 Å². The van der Waals surface area contributed by atoms with Crippen LogP contribution in [0.3, 0.4) is 0 Å². The zero-order valence-corrected chi connectivity index (χ0v) is 21.5. The van der Waals surface area contributed by atoms with Gasteiger partial charge in [0.2, 0.25) is 0 Å². The summed E-state index contributed by atoms with van der Waals surface area (Å²) in [5, 5.41) is 0. The molecule has 1 fully saturated rings. The van der Waals surface area contributed by atoms with Gasteiger partial charge in [-0.2, -0.15) is 0 Å².